The van der Waals surface area contributed by atoms with E-state index in [4.69, 9.17) is 10.5 Å². The molecule has 1 aromatic carbocycles. The SMILES string of the molecule is Nc1cccc(N2CCN(CCC3CCCO3)CC2)c1. The van der Waals surface area contributed by atoms with E-state index in [0.29, 0.717) is 6.10 Å². The van der Waals surface area contributed by atoms with Crippen molar-refractivity contribution in [3.8, 4) is 0 Å². The molecule has 110 valence electrons. The van der Waals surface area contributed by atoms with Gasteiger partial charge in [-0.1, -0.05) is 6.07 Å². The lowest BCUT2D eigenvalue weighted by molar-refractivity contribution is 0.0911. The molecule has 0 spiro atoms. The van der Waals surface area contributed by atoms with Crippen molar-refractivity contribution in [1.29, 1.82) is 0 Å². The number of nitrogen functional groups attached to an aromatic ring is 1. The average Bonchev–Trinajstić information content (AvgIpc) is 2.99. The summed E-state index contributed by atoms with van der Waals surface area (Å²) in [5, 5.41) is 0. The first-order chi connectivity index (χ1) is 9.81. The van der Waals surface area contributed by atoms with E-state index in [1.807, 2.05) is 12.1 Å². The van der Waals surface area contributed by atoms with Gasteiger partial charge in [-0.2, -0.15) is 0 Å². The van der Waals surface area contributed by atoms with E-state index in [-0.39, 0.29) is 0 Å². The van der Waals surface area contributed by atoms with Gasteiger partial charge in [-0.15, -0.1) is 0 Å². The number of nitrogens with zero attached hydrogens (tertiary/aromatic N) is 2. The molecule has 4 heteroatoms. The standard InChI is InChI=1S/C16H25N3O/c17-14-3-1-4-15(13-14)19-10-8-18(9-11-19)7-6-16-5-2-12-20-16/h1,3-4,13,16H,2,5-12,17H2. The largest absolute Gasteiger partial charge is 0.399 e. The molecule has 1 aromatic rings. The molecular formula is C16H25N3O. The molecule has 4 nitrogen and oxygen atoms in total. The lowest BCUT2D eigenvalue weighted by atomic mass is 10.1. The maximum absolute atomic E-state index is 5.86. The smallest absolute Gasteiger partial charge is 0.0588 e. The Morgan fingerprint density at radius 3 is 2.75 bits per heavy atom. The Balaban J connectivity index is 1.44. The quantitative estimate of drug-likeness (QED) is 0.853. The summed E-state index contributed by atoms with van der Waals surface area (Å²) in [7, 11) is 0. The van der Waals surface area contributed by atoms with Crippen LogP contribution in [0.1, 0.15) is 19.3 Å². The maximum Gasteiger partial charge on any atom is 0.0588 e. The monoisotopic (exact) mass is 275 g/mol. The Hall–Kier alpha value is -1.26. The lowest BCUT2D eigenvalue weighted by Crippen LogP contribution is -2.47. The summed E-state index contributed by atoms with van der Waals surface area (Å²) in [5.74, 6) is 0. The first-order valence-corrected chi connectivity index (χ1v) is 7.76. The Kier molecular flexibility index (Phi) is 4.43. The van der Waals surface area contributed by atoms with E-state index in [1.54, 1.807) is 0 Å². The predicted molar refractivity (Wildman–Crippen MR) is 83.1 cm³/mol. The number of ether oxygens (including phenoxy) is 1. The summed E-state index contributed by atoms with van der Waals surface area (Å²) in [5.41, 5.74) is 7.96. The van der Waals surface area contributed by atoms with E-state index in [0.717, 1.165) is 38.5 Å². The molecule has 0 amide bonds. The molecule has 0 aliphatic carbocycles. The molecule has 1 atom stereocenters. The highest BCUT2D eigenvalue weighted by atomic mass is 16.5. The van der Waals surface area contributed by atoms with Crippen molar-refractivity contribution in [3.63, 3.8) is 0 Å². The van der Waals surface area contributed by atoms with Gasteiger partial charge in [0, 0.05) is 50.7 Å². The molecule has 2 saturated heterocycles. The van der Waals surface area contributed by atoms with Crippen LogP contribution < -0.4 is 10.6 Å². The van der Waals surface area contributed by atoms with E-state index < -0.39 is 0 Å². The fourth-order valence-corrected chi connectivity index (χ4v) is 3.15. The highest BCUT2D eigenvalue weighted by Gasteiger charge is 2.20. The zero-order valence-electron chi connectivity index (χ0n) is 12.1. The molecule has 2 N–H and O–H groups in total. The summed E-state index contributed by atoms with van der Waals surface area (Å²) in [6.45, 7) is 6.61. The van der Waals surface area contributed by atoms with Crippen LogP contribution >= 0.6 is 0 Å². The van der Waals surface area contributed by atoms with Gasteiger partial charge in [0.1, 0.15) is 0 Å². The second-order valence-corrected chi connectivity index (χ2v) is 5.85. The Morgan fingerprint density at radius 2 is 2.05 bits per heavy atom. The molecule has 0 saturated carbocycles. The number of anilines is 2. The third-order valence-electron chi connectivity index (χ3n) is 4.40. The highest BCUT2D eigenvalue weighted by Crippen LogP contribution is 2.20. The Morgan fingerprint density at radius 1 is 1.20 bits per heavy atom. The third-order valence-corrected chi connectivity index (χ3v) is 4.40. The first-order valence-electron chi connectivity index (χ1n) is 7.76. The van der Waals surface area contributed by atoms with Crippen molar-refractivity contribution in [3.05, 3.63) is 24.3 Å². The van der Waals surface area contributed by atoms with Crippen LogP contribution in [0.4, 0.5) is 11.4 Å². The van der Waals surface area contributed by atoms with E-state index >= 15 is 0 Å². The molecule has 0 aromatic heterocycles. The molecule has 2 fully saturated rings. The van der Waals surface area contributed by atoms with E-state index in [1.165, 1.54) is 31.5 Å². The molecule has 20 heavy (non-hydrogen) atoms. The first kappa shape index (κ1) is 13.7. The van der Waals surface area contributed by atoms with Gasteiger partial charge in [0.25, 0.3) is 0 Å². The Labute approximate surface area is 121 Å². The highest BCUT2D eigenvalue weighted by molar-refractivity contribution is 5.56. The minimum atomic E-state index is 0.516. The van der Waals surface area contributed by atoms with Gasteiger partial charge in [0.05, 0.1) is 6.10 Å². The number of benzene rings is 1. The fraction of sp³-hybridized carbons (Fsp3) is 0.625. The summed E-state index contributed by atoms with van der Waals surface area (Å²) >= 11 is 0. The van der Waals surface area contributed by atoms with Gasteiger partial charge < -0.3 is 15.4 Å². The number of nitrogens with two attached hydrogens (primary N) is 1. The van der Waals surface area contributed by atoms with Gasteiger partial charge in [0.2, 0.25) is 0 Å². The molecule has 2 heterocycles. The minimum absolute atomic E-state index is 0.516. The van der Waals surface area contributed by atoms with Crippen LogP contribution in [0, 0.1) is 0 Å². The third kappa shape index (κ3) is 3.44. The molecule has 2 aliphatic heterocycles. The van der Waals surface area contributed by atoms with Crippen molar-refractivity contribution in [2.45, 2.75) is 25.4 Å². The van der Waals surface area contributed by atoms with Crippen molar-refractivity contribution in [2.75, 3.05) is 50.0 Å². The van der Waals surface area contributed by atoms with Crippen LogP contribution in [0.2, 0.25) is 0 Å². The minimum Gasteiger partial charge on any atom is -0.399 e. The summed E-state index contributed by atoms with van der Waals surface area (Å²) in [4.78, 5) is 4.99. The molecule has 2 aliphatic rings. The van der Waals surface area contributed by atoms with Gasteiger partial charge in [0.15, 0.2) is 0 Å². The van der Waals surface area contributed by atoms with Crippen LogP contribution in [-0.2, 0) is 4.74 Å². The van der Waals surface area contributed by atoms with Crippen LogP contribution in [0.3, 0.4) is 0 Å². The van der Waals surface area contributed by atoms with E-state index in [9.17, 15) is 0 Å². The second kappa shape index (κ2) is 6.46. The van der Waals surface area contributed by atoms with Gasteiger partial charge in [-0.3, -0.25) is 4.90 Å². The van der Waals surface area contributed by atoms with Crippen LogP contribution in [0.15, 0.2) is 24.3 Å². The number of hydrogen-bond acceptors (Lipinski definition) is 4. The molecule has 1 unspecified atom stereocenters. The van der Waals surface area contributed by atoms with Gasteiger partial charge >= 0.3 is 0 Å². The van der Waals surface area contributed by atoms with Crippen molar-refractivity contribution < 1.29 is 4.74 Å². The molecule has 3 rings (SSSR count). The van der Waals surface area contributed by atoms with E-state index in [2.05, 4.69) is 21.9 Å². The number of piperazine rings is 1. The number of hydrogen-bond donors (Lipinski definition) is 1. The molecule has 0 radical (unpaired) electrons. The maximum atomic E-state index is 5.86. The van der Waals surface area contributed by atoms with Crippen molar-refractivity contribution in [1.82, 2.24) is 4.90 Å². The van der Waals surface area contributed by atoms with Gasteiger partial charge in [-0.05, 0) is 37.5 Å². The zero-order chi connectivity index (χ0) is 13.8. The van der Waals surface area contributed by atoms with Crippen LogP contribution in [-0.4, -0.2) is 50.3 Å². The normalized spacial score (nSPS) is 24.2. The van der Waals surface area contributed by atoms with Crippen LogP contribution in [0.25, 0.3) is 0 Å². The number of rotatable bonds is 4. The fourth-order valence-electron chi connectivity index (χ4n) is 3.15. The summed E-state index contributed by atoms with van der Waals surface area (Å²) < 4.78 is 5.70. The molecular weight excluding hydrogens is 250 g/mol. The summed E-state index contributed by atoms with van der Waals surface area (Å²) in [6.07, 6.45) is 4.21. The van der Waals surface area contributed by atoms with Crippen LogP contribution in [0.5, 0.6) is 0 Å². The average molecular weight is 275 g/mol. The second-order valence-electron chi connectivity index (χ2n) is 5.85. The topological polar surface area (TPSA) is 41.7 Å². The Bertz CT molecular complexity index is 423. The lowest BCUT2D eigenvalue weighted by Gasteiger charge is -2.36. The summed E-state index contributed by atoms with van der Waals surface area (Å²) in [6, 6.07) is 8.20. The van der Waals surface area contributed by atoms with Gasteiger partial charge in [-0.25, -0.2) is 0 Å². The predicted octanol–water partition coefficient (Wildman–Crippen LogP) is 1.96. The molecule has 0 bridgehead atoms. The van der Waals surface area contributed by atoms with Crippen molar-refractivity contribution in [2.24, 2.45) is 0 Å². The van der Waals surface area contributed by atoms with Crippen molar-refractivity contribution >= 4 is 11.4 Å². The zero-order valence-corrected chi connectivity index (χ0v) is 12.1.